The van der Waals surface area contributed by atoms with Gasteiger partial charge in [0.25, 0.3) is 11.5 Å². The fourth-order valence-corrected chi connectivity index (χ4v) is 3.24. The van der Waals surface area contributed by atoms with Gasteiger partial charge in [-0.25, -0.2) is 4.98 Å². The van der Waals surface area contributed by atoms with E-state index < -0.39 is 6.10 Å². The minimum Gasteiger partial charge on any atom is -0.368 e. The van der Waals surface area contributed by atoms with E-state index in [0.717, 1.165) is 11.5 Å². The van der Waals surface area contributed by atoms with Gasteiger partial charge in [-0.15, -0.1) is 5.10 Å². The molecule has 3 rings (SSSR count). The molecule has 1 fully saturated rings. The molecule has 1 amide bonds. The van der Waals surface area contributed by atoms with Crippen LogP contribution < -0.4 is 5.56 Å². The van der Waals surface area contributed by atoms with Crippen LogP contribution in [0.25, 0.3) is 0 Å². The fourth-order valence-electron chi connectivity index (χ4n) is 2.53. The van der Waals surface area contributed by atoms with E-state index in [1.807, 2.05) is 6.92 Å². The number of hydrogen-bond donors (Lipinski definition) is 1. The number of aromatic amines is 1. The molecule has 8 nitrogen and oxygen atoms in total. The first-order valence-corrected chi connectivity index (χ1v) is 8.15. The van der Waals surface area contributed by atoms with E-state index in [1.165, 1.54) is 6.07 Å². The largest absolute Gasteiger partial charge is 0.368 e. The van der Waals surface area contributed by atoms with Crippen molar-refractivity contribution >= 4 is 17.4 Å². The summed E-state index contributed by atoms with van der Waals surface area (Å²) in [6.07, 6.45) is 0.264. The minimum absolute atomic E-state index is 0.0910. The molecule has 0 aromatic carbocycles. The molecule has 9 heteroatoms. The molecular formula is C14H17N5O3S. The Morgan fingerprint density at radius 1 is 1.57 bits per heavy atom. The Morgan fingerprint density at radius 3 is 3.13 bits per heavy atom. The first-order valence-electron chi connectivity index (χ1n) is 7.38. The van der Waals surface area contributed by atoms with Gasteiger partial charge in [0.05, 0.1) is 24.5 Å². The second kappa shape index (κ2) is 6.55. The molecule has 1 aliphatic heterocycles. The molecule has 0 unspecified atom stereocenters. The number of amides is 1. The number of nitrogens with zero attached hydrogens (tertiary/aromatic N) is 4. The standard InChI is InChI=1S/C14H17N5O3S/c1-3-9-13(23-18-17-9)14(21)19-4-5-22-11(7-19)10-6-12(20)16-8(2)15-10/h6,11H,3-5,7H2,1-2H3,(H,15,16,20)/t11-/m0/s1. The quantitative estimate of drug-likeness (QED) is 0.886. The lowest BCUT2D eigenvalue weighted by Gasteiger charge is -2.32. The second-order valence-electron chi connectivity index (χ2n) is 5.27. The van der Waals surface area contributed by atoms with Crippen molar-refractivity contribution in [1.29, 1.82) is 0 Å². The van der Waals surface area contributed by atoms with Crippen LogP contribution in [-0.4, -0.2) is 50.1 Å². The molecule has 1 aliphatic rings. The van der Waals surface area contributed by atoms with Gasteiger partial charge in [0.15, 0.2) is 0 Å². The lowest BCUT2D eigenvalue weighted by Crippen LogP contribution is -2.42. The van der Waals surface area contributed by atoms with Gasteiger partial charge in [-0.05, 0) is 24.9 Å². The van der Waals surface area contributed by atoms with Crippen LogP contribution in [-0.2, 0) is 11.2 Å². The van der Waals surface area contributed by atoms with Crippen molar-refractivity contribution in [2.24, 2.45) is 0 Å². The monoisotopic (exact) mass is 335 g/mol. The summed E-state index contributed by atoms with van der Waals surface area (Å²) in [6, 6.07) is 1.41. The van der Waals surface area contributed by atoms with E-state index in [-0.39, 0.29) is 11.5 Å². The maximum absolute atomic E-state index is 12.7. The summed E-state index contributed by atoms with van der Waals surface area (Å²) in [4.78, 5) is 33.4. The molecule has 1 saturated heterocycles. The van der Waals surface area contributed by atoms with Crippen LogP contribution in [0.1, 0.15) is 39.9 Å². The van der Waals surface area contributed by atoms with E-state index in [9.17, 15) is 9.59 Å². The molecule has 23 heavy (non-hydrogen) atoms. The molecule has 122 valence electrons. The minimum atomic E-state index is -0.403. The smallest absolute Gasteiger partial charge is 0.267 e. The number of aryl methyl sites for hydroxylation is 2. The van der Waals surface area contributed by atoms with Crippen LogP contribution >= 0.6 is 11.5 Å². The summed E-state index contributed by atoms with van der Waals surface area (Å²) in [7, 11) is 0. The van der Waals surface area contributed by atoms with Crippen LogP contribution in [0.2, 0.25) is 0 Å². The van der Waals surface area contributed by atoms with Crippen molar-refractivity contribution < 1.29 is 9.53 Å². The SMILES string of the molecule is CCc1nnsc1C(=O)N1CCO[C@H](c2cc(=O)[nH]c(C)n2)C1. The van der Waals surface area contributed by atoms with Crippen LogP contribution in [0.5, 0.6) is 0 Å². The number of morpholine rings is 1. The van der Waals surface area contributed by atoms with Gasteiger partial charge < -0.3 is 14.6 Å². The van der Waals surface area contributed by atoms with Crippen LogP contribution in [0.15, 0.2) is 10.9 Å². The van der Waals surface area contributed by atoms with Crippen LogP contribution in [0.4, 0.5) is 0 Å². The number of aromatic nitrogens is 4. The third kappa shape index (κ3) is 3.30. The van der Waals surface area contributed by atoms with E-state index in [1.54, 1.807) is 11.8 Å². The van der Waals surface area contributed by atoms with Gasteiger partial charge in [-0.1, -0.05) is 11.4 Å². The Balaban J connectivity index is 1.80. The third-order valence-electron chi connectivity index (χ3n) is 3.65. The Kier molecular flexibility index (Phi) is 4.49. The Bertz CT molecular complexity index is 772. The Morgan fingerprint density at radius 2 is 2.39 bits per heavy atom. The maximum atomic E-state index is 12.7. The second-order valence-corrected chi connectivity index (χ2v) is 6.02. The first kappa shape index (κ1) is 15.8. The average Bonchev–Trinajstić information content (AvgIpc) is 3.02. The van der Waals surface area contributed by atoms with Gasteiger partial charge in [0.2, 0.25) is 0 Å². The fraction of sp³-hybridized carbons (Fsp3) is 0.500. The highest BCUT2D eigenvalue weighted by molar-refractivity contribution is 7.08. The molecule has 1 atom stereocenters. The Labute approximate surface area is 136 Å². The summed E-state index contributed by atoms with van der Waals surface area (Å²) in [5.74, 6) is 0.436. The third-order valence-corrected chi connectivity index (χ3v) is 4.40. The van der Waals surface area contributed by atoms with Crippen LogP contribution in [0, 0.1) is 6.92 Å². The van der Waals surface area contributed by atoms with E-state index >= 15 is 0 Å². The normalized spacial score (nSPS) is 18.2. The molecule has 3 heterocycles. The van der Waals surface area contributed by atoms with Crippen molar-refractivity contribution in [3.8, 4) is 0 Å². The predicted molar refractivity (Wildman–Crippen MR) is 83.5 cm³/mol. The number of H-pyrrole nitrogens is 1. The van der Waals surface area contributed by atoms with E-state index in [4.69, 9.17) is 4.74 Å². The highest BCUT2D eigenvalue weighted by atomic mass is 32.1. The summed E-state index contributed by atoms with van der Waals surface area (Å²) in [6.45, 7) is 4.91. The van der Waals surface area contributed by atoms with Gasteiger partial charge in [0, 0.05) is 12.6 Å². The van der Waals surface area contributed by atoms with E-state index in [2.05, 4.69) is 19.6 Å². The molecule has 0 bridgehead atoms. The van der Waals surface area contributed by atoms with Crippen molar-refractivity contribution in [3.63, 3.8) is 0 Å². The van der Waals surface area contributed by atoms with Crippen molar-refractivity contribution in [2.45, 2.75) is 26.4 Å². The molecule has 2 aromatic heterocycles. The lowest BCUT2D eigenvalue weighted by molar-refractivity contribution is -0.0247. The van der Waals surface area contributed by atoms with Gasteiger partial charge in [-0.3, -0.25) is 9.59 Å². The molecule has 0 radical (unpaired) electrons. The topological polar surface area (TPSA) is 101 Å². The highest BCUT2D eigenvalue weighted by Gasteiger charge is 2.29. The number of hydrogen-bond acceptors (Lipinski definition) is 7. The lowest BCUT2D eigenvalue weighted by atomic mass is 10.2. The zero-order valence-electron chi connectivity index (χ0n) is 12.9. The molecular weight excluding hydrogens is 318 g/mol. The molecule has 0 saturated carbocycles. The maximum Gasteiger partial charge on any atom is 0.267 e. The zero-order chi connectivity index (χ0) is 16.4. The van der Waals surface area contributed by atoms with Gasteiger partial charge >= 0.3 is 0 Å². The molecule has 1 N–H and O–H groups in total. The Hall–Kier alpha value is -2.13. The van der Waals surface area contributed by atoms with Gasteiger partial charge in [0.1, 0.15) is 16.8 Å². The highest BCUT2D eigenvalue weighted by Crippen LogP contribution is 2.23. The summed E-state index contributed by atoms with van der Waals surface area (Å²) >= 11 is 1.11. The van der Waals surface area contributed by atoms with Gasteiger partial charge in [-0.2, -0.15) is 0 Å². The number of ether oxygens (including phenoxy) is 1. The zero-order valence-corrected chi connectivity index (χ0v) is 13.7. The predicted octanol–water partition coefficient (Wildman–Crippen LogP) is 0.706. The number of carbonyl (C=O) groups excluding carboxylic acids is 1. The number of rotatable bonds is 3. The summed E-state index contributed by atoms with van der Waals surface area (Å²) in [5, 5.41) is 3.98. The number of nitrogens with one attached hydrogen (secondary N) is 1. The first-order chi connectivity index (χ1) is 11.1. The molecule has 0 spiro atoms. The van der Waals surface area contributed by atoms with Crippen LogP contribution in [0.3, 0.4) is 0 Å². The van der Waals surface area contributed by atoms with E-state index in [0.29, 0.717) is 48.2 Å². The van der Waals surface area contributed by atoms with Crippen molar-refractivity contribution in [1.82, 2.24) is 24.5 Å². The summed E-state index contributed by atoms with van der Waals surface area (Å²) in [5.41, 5.74) is 1.04. The van der Waals surface area contributed by atoms with Crippen molar-refractivity contribution in [3.05, 3.63) is 38.5 Å². The number of carbonyl (C=O) groups is 1. The average molecular weight is 335 g/mol. The molecule has 0 aliphatic carbocycles. The van der Waals surface area contributed by atoms with Crippen molar-refractivity contribution in [2.75, 3.05) is 19.7 Å². The molecule has 2 aromatic rings. The summed E-state index contributed by atoms with van der Waals surface area (Å²) < 4.78 is 9.56.